The Morgan fingerprint density at radius 1 is 1.37 bits per heavy atom. The van der Waals surface area contributed by atoms with Crippen molar-refractivity contribution < 1.29 is 4.79 Å². The van der Waals surface area contributed by atoms with Gasteiger partial charge in [-0.15, -0.1) is 17.9 Å². The number of rotatable bonds is 5. The summed E-state index contributed by atoms with van der Waals surface area (Å²) in [6.45, 7) is 5.99. The summed E-state index contributed by atoms with van der Waals surface area (Å²) in [5.74, 6) is -0.182. The van der Waals surface area contributed by atoms with Crippen LogP contribution < -0.4 is 16.8 Å². The number of benzene rings is 1. The van der Waals surface area contributed by atoms with E-state index in [1.165, 1.54) is 5.56 Å². The van der Waals surface area contributed by atoms with Crippen molar-refractivity contribution in [3.63, 3.8) is 0 Å². The van der Waals surface area contributed by atoms with E-state index in [-0.39, 0.29) is 17.3 Å². The quantitative estimate of drug-likeness (QED) is 0.588. The van der Waals surface area contributed by atoms with E-state index in [0.29, 0.717) is 32.9 Å². The molecule has 0 spiro atoms. The van der Waals surface area contributed by atoms with Gasteiger partial charge in [0.1, 0.15) is 27.2 Å². The average molecular weight is 377 g/mol. The van der Waals surface area contributed by atoms with Crippen LogP contribution in [0, 0.1) is 11.3 Å². The van der Waals surface area contributed by atoms with Gasteiger partial charge in [0.15, 0.2) is 0 Å². The highest BCUT2D eigenvalue weighted by Crippen LogP contribution is 2.42. The van der Waals surface area contributed by atoms with E-state index in [4.69, 9.17) is 11.5 Å². The molecule has 0 aliphatic carbocycles. The van der Waals surface area contributed by atoms with E-state index < -0.39 is 0 Å². The highest BCUT2D eigenvalue weighted by atomic mass is 32.1. The Morgan fingerprint density at radius 3 is 2.67 bits per heavy atom. The van der Waals surface area contributed by atoms with Crippen LogP contribution in [0.2, 0.25) is 0 Å². The lowest BCUT2D eigenvalue weighted by Crippen LogP contribution is -2.22. The van der Waals surface area contributed by atoms with Crippen molar-refractivity contribution in [3.05, 3.63) is 52.9 Å². The van der Waals surface area contributed by atoms with Gasteiger partial charge in [-0.2, -0.15) is 5.26 Å². The molecule has 1 amide bonds. The zero-order valence-corrected chi connectivity index (χ0v) is 15.7. The van der Waals surface area contributed by atoms with Crippen LogP contribution in [0.1, 0.15) is 27.7 Å². The van der Waals surface area contributed by atoms with E-state index in [0.717, 1.165) is 23.3 Å². The number of hydrogen-bond donors (Lipinski definition) is 3. The summed E-state index contributed by atoms with van der Waals surface area (Å²) in [7, 11) is 0. The van der Waals surface area contributed by atoms with Gasteiger partial charge < -0.3 is 16.8 Å². The third-order valence-corrected chi connectivity index (χ3v) is 5.38. The molecule has 5 N–H and O–H groups in total. The minimum Gasteiger partial charge on any atom is -0.397 e. The van der Waals surface area contributed by atoms with Gasteiger partial charge >= 0.3 is 0 Å². The van der Waals surface area contributed by atoms with Gasteiger partial charge in [0, 0.05) is 17.5 Å². The van der Waals surface area contributed by atoms with Gasteiger partial charge in [0.25, 0.3) is 5.91 Å². The number of aromatic nitrogens is 1. The second-order valence-electron chi connectivity index (χ2n) is 5.93. The molecular weight excluding hydrogens is 358 g/mol. The fourth-order valence-corrected chi connectivity index (χ4v) is 3.92. The van der Waals surface area contributed by atoms with Crippen LogP contribution in [0.3, 0.4) is 0 Å². The lowest BCUT2D eigenvalue weighted by Gasteiger charge is -2.10. The van der Waals surface area contributed by atoms with Gasteiger partial charge in [-0.05, 0) is 17.5 Å². The number of thiophene rings is 1. The molecule has 6 nitrogen and oxygen atoms in total. The number of aryl methyl sites for hydroxylation is 1. The lowest BCUT2D eigenvalue weighted by atomic mass is 9.96. The minimum atomic E-state index is -0.306. The molecule has 0 bridgehead atoms. The molecule has 0 saturated heterocycles. The van der Waals surface area contributed by atoms with Gasteiger partial charge in [-0.3, -0.25) is 4.79 Å². The number of pyridine rings is 1. The normalized spacial score (nSPS) is 10.5. The molecule has 3 rings (SSSR count). The van der Waals surface area contributed by atoms with Gasteiger partial charge in [-0.25, -0.2) is 4.98 Å². The maximum atomic E-state index is 12.4. The predicted molar refractivity (Wildman–Crippen MR) is 111 cm³/mol. The Kier molecular flexibility index (Phi) is 5.10. The summed E-state index contributed by atoms with van der Waals surface area (Å²) in [5, 5.41) is 12.9. The number of hydrogen-bond acceptors (Lipinski definition) is 6. The van der Waals surface area contributed by atoms with Crippen molar-refractivity contribution in [3.8, 4) is 17.2 Å². The molecule has 0 aliphatic heterocycles. The van der Waals surface area contributed by atoms with Gasteiger partial charge in [-0.1, -0.05) is 37.3 Å². The number of carbonyl (C=O) groups is 1. The largest absolute Gasteiger partial charge is 0.397 e. The summed E-state index contributed by atoms with van der Waals surface area (Å²) >= 11 is 1.16. The lowest BCUT2D eigenvalue weighted by molar-refractivity contribution is 0.0963. The van der Waals surface area contributed by atoms with Crippen LogP contribution in [-0.2, 0) is 6.42 Å². The predicted octanol–water partition coefficient (Wildman–Crippen LogP) is 3.48. The van der Waals surface area contributed by atoms with Crippen molar-refractivity contribution in [2.75, 3.05) is 18.0 Å². The molecule has 2 heterocycles. The second-order valence-corrected chi connectivity index (χ2v) is 6.93. The Balaban J connectivity index is 2.29. The van der Waals surface area contributed by atoms with Gasteiger partial charge in [0.2, 0.25) is 0 Å². The molecule has 0 fully saturated rings. The van der Waals surface area contributed by atoms with Crippen molar-refractivity contribution in [2.24, 2.45) is 0 Å². The van der Waals surface area contributed by atoms with Crippen molar-refractivity contribution in [1.29, 1.82) is 5.26 Å². The van der Waals surface area contributed by atoms with Crippen LogP contribution in [0.4, 0.5) is 11.5 Å². The first-order chi connectivity index (χ1) is 13.0. The highest BCUT2D eigenvalue weighted by Gasteiger charge is 2.24. The van der Waals surface area contributed by atoms with E-state index in [1.807, 2.05) is 24.3 Å². The smallest absolute Gasteiger partial charge is 0.263 e. The molecule has 2 aromatic heterocycles. The topological polar surface area (TPSA) is 118 Å². The first-order valence-electron chi connectivity index (χ1n) is 8.41. The molecule has 0 aliphatic rings. The summed E-state index contributed by atoms with van der Waals surface area (Å²) < 4.78 is 0. The number of carbonyl (C=O) groups excluding carboxylic acids is 1. The van der Waals surface area contributed by atoms with E-state index in [2.05, 4.69) is 29.9 Å². The summed E-state index contributed by atoms with van der Waals surface area (Å²) in [4.78, 5) is 17.6. The molecule has 136 valence electrons. The van der Waals surface area contributed by atoms with Crippen LogP contribution in [0.25, 0.3) is 21.3 Å². The molecule has 0 radical (unpaired) electrons. The van der Waals surface area contributed by atoms with Crippen LogP contribution >= 0.6 is 11.3 Å². The summed E-state index contributed by atoms with van der Waals surface area (Å²) in [5.41, 5.74) is 15.5. The minimum absolute atomic E-state index is 0.124. The van der Waals surface area contributed by atoms with E-state index in [9.17, 15) is 10.1 Å². The number of fused-ring (bicyclic) bond motifs is 1. The van der Waals surface area contributed by atoms with Crippen molar-refractivity contribution in [2.45, 2.75) is 13.3 Å². The SMILES string of the molecule is C=CCNC(=O)c1sc2nc(N)c(C#N)c(-c3ccc(CC)cc3)c2c1N. The molecule has 0 unspecified atom stereocenters. The third kappa shape index (κ3) is 3.23. The molecule has 0 atom stereocenters. The summed E-state index contributed by atoms with van der Waals surface area (Å²) in [6, 6.07) is 10.00. The van der Waals surface area contributed by atoms with Crippen molar-refractivity contribution in [1.82, 2.24) is 10.3 Å². The number of nitrogens with one attached hydrogen (secondary N) is 1. The van der Waals surface area contributed by atoms with Crippen LogP contribution in [-0.4, -0.2) is 17.4 Å². The first kappa shape index (κ1) is 18.4. The summed E-state index contributed by atoms with van der Waals surface area (Å²) in [6.07, 6.45) is 2.50. The zero-order chi connectivity index (χ0) is 19.6. The second kappa shape index (κ2) is 7.48. The van der Waals surface area contributed by atoms with E-state index >= 15 is 0 Å². The number of anilines is 2. The van der Waals surface area contributed by atoms with E-state index in [1.54, 1.807) is 6.08 Å². The molecule has 7 heteroatoms. The number of nitrogens with two attached hydrogens (primary N) is 2. The molecule has 0 saturated carbocycles. The molecular formula is C20H19N5OS. The molecule has 1 aromatic carbocycles. The first-order valence-corrected chi connectivity index (χ1v) is 9.23. The maximum Gasteiger partial charge on any atom is 0.263 e. The number of nitriles is 1. The average Bonchev–Trinajstić information content (AvgIpc) is 3.01. The fraction of sp³-hybridized carbons (Fsp3) is 0.150. The van der Waals surface area contributed by atoms with Gasteiger partial charge in [0.05, 0.1) is 5.69 Å². The zero-order valence-electron chi connectivity index (χ0n) is 14.9. The Labute approximate surface area is 161 Å². The monoisotopic (exact) mass is 377 g/mol. The number of nitrogens with zero attached hydrogens (tertiary/aromatic N) is 2. The molecule has 27 heavy (non-hydrogen) atoms. The van der Waals surface area contributed by atoms with Crippen molar-refractivity contribution >= 4 is 39.0 Å². The Morgan fingerprint density at radius 2 is 2.07 bits per heavy atom. The number of nitrogen functional groups attached to an aromatic ring is 2. The maximum absolute atomic E-state index is 12.4. The Hall–Kier alpha value is -3.37. The number of amides is 1. The van der Waals surface area contributed by atoms with Crippen LogP contribution in [0.15, 0.2) is 36.9 Å². The molecule has 3 aromatic rings. The highest BCUT2D eigenvalue weighted by molar-refractivity contribution is 7.21. The Bertz CT molecular complexity index is 1080. The standard InChI is InChI=1S/C20H19N5OS/c1-3-9-24-19(26)17-16(22)15-14(12-7-5-11(4-2)6-8-12)13(10-21)18(23)25-20(15)27-17/h3,5-8H,1,4,9,22H2,2H3,(H2,23,25)(H,24,26). The third-order valence-electron chi connectivity index (χ3n) is 4.28. The van der Waals surface area contributed by atoms with Crippen LogP contribution in [0.5, 0.6) is 0 Å². The fourth-order valence-electron chi connectivity index (χ4n) is 2.89.